The molecule has 0 amide bonds. The van der Waals surface area contributed by atoms with Crippen molar-refractivity contribution in [2.24, 2.45) is 5.92 Å². The number of hydrogen-bond acceptors (Lipinski definition) is 1. The molecule has 0 spiro atoms. The van der Waals surface area contributed by atoms with Gasteiger partial charge >= 0.3 is 0 Å². The van der Waals surface area contributed by atoms with Gasteiger partial charge in [0.25, 0.3) is 0 Å². The molecule has 0 heterocycles. The van der Waals surface area contributed by atoms with E-state index in [1.807, 2.05) is 12.2 Å². The summed E-state index contributed by atoms with van der Waals surface area (Å²) in [6.45, 7) is 3.65. The Labute approximate surface area is 67.8 Å². The molecular formula is C10H14O. The van der Waals surface area contributed by atoms with Gasteiger partial charge in [-0.3, -0.25) is 4.79 Å². The van der Waals surface area contributed by atoms with Gasteiger partial charge in [-0.1, -0.05) is 12.2 Å². The molecule has 0 aromatic rings. The van der Waals surface area contributed by atoms with Crippen LogP contribution >= 0.6 is 0 Å². The van der Waals surface area contributed by atoms with Gasteiger partial charge in [0, 0.05) is 6.42 Å². The molecule has 1 atom stereocenters. The van der Waals surface area contributed by atoms with E-state index in [0.29, 0.717) is 5.92 Å². The molecule has 1 nitrogen and oxygen atoms in total. The lowest BCUT2D eigenvalue weighted by Gasteiger charge is -2.03. The summed E-state index contributed by atoms with van der Waals surface area (Å²) in [5.41, 5.74) is 0. The quantitative estimate of drug-likeness (QED) is 0.444. The van der Waals surface area contributed by atoms with E-state index in [2.05, 4.69) is 6.58 Å². The highest BCUT2D eigenvalue weighted by Crippen LogP contribution is 2.20. The molecule has 0 aliphatic heterocycles. The van der Waals surface area contributed by atoms with Gasteiger partial charge in [-0.05, 0) is 31.3 Å². The third-order valence-electron chi connectivity index (χ3n) is 2.00. The molecule has 11 heavy (non-hydrogen) atoms. The fourth-order valence-corrected chi connectivity index (χ4v) is 1.36. The second kappa shape index (κ2) is 4.12. The van der Waals surface area contributed by atoms with Crippen molar-refractivity contribution in [2.45, 2.75) is 25.7 Å². The predicted molar refractivity (Wildman–Crippen MR) is 46.3 cm³/mol. The molecule has 1 heteroatoms. The second-order valence-electron chi connectivity index (χ2n) is 3.01. The molecule has 1 rings (SSSR count). The van der Waals surface area contributed by atoms with Gasteiger partial charge in [0.15, 0.2) is 5.78 Å². The highest BCUT2D eigenvalue weighted by molar-refractivity contribution is 5.92. The first-order valence-corrected chi connectivity index (χ1v) is 4.15. The van der Waals surface area contributed by atoms with Crippen LogP contribution in [0.5, 0.6) is 0 Å². The summed E-state index contributed by atoms with van der Waals surface area (Å²) >= 11 is 0. The Balaban J connectivity index is 2.14. The fourth-order valence-electron chi connectivity index (χ4n) is 1.36. The molecule has 1 unspecified atom stereocenters. The van der Waals surface area contributed by atoms with E-state index < -0.39 is 0 Å². The molecule has 0 bridgehead atoms. The molecule has 0 saturated carbocycles. The number of carbonyl (C=O) groups is 1. The molecule has 0 radical (unpaired) electrons. The van der Waals surface area contributed by atoms with Crippen molar-refractivity contribution in [1.82, 2.24) is 0 Å². The fraction of sp³-hybridized carbons (Fsp3) is 0.500. The van der Waals surface area contributed by atoms with Crippen molar-refractivity contribution in [1.29, 1.82) is 0 Å². The number of rotatable bonds is 4. The minimum atomic E-state index is 0.286. The zero-order valence-corrected chi connectivity index (χ0v) is 6.75. The predicted octanol–water partition coefficient (Wildman–Crippen LogP) is 2.49. The Morgan fingerprint density at radius 3 is 3.09 bits per heavy atom. The molecule has 0 saturated heterocycles. The van der Waals surface area contributed by atoms with E-state index in [4.69, 9.17) is 0 Å². The lowest BCUT2D eigenvalue weighted by atomic mass is 10.0. The van der Waals surface area contributed by atoms with Crippen LogP contribution in [0.25, 0.3) is 0 Å². The Kier molecular flexibility index (Phi) is 3.09. The first-order chi connectivity index (χ1) is 5.33. The molecule has 0 N–H and O–H groups in total. The first-order valence-electron chi connectivity index (χ1n) is 4.15. The van der Waals surface area contributed by atoms with Crippen molar-refractivity contribution in [3.63, 3.8) is 0 Å². The summed E-state index contributed by atoms with van der Waals surface area (Å²) in [7, 11) is 0. The number of hydrogen-bond donors (Lipinski definition) is 0. The van der Waals surface area contributed by atoms with Crippen molar-refractivity contribution in [3.05, 3.63) is 24.8 Å². The molecule has 0 fully saturated rings. The minimum Gasteiger partial charge on any atom is -0.295 e. The van der Waals surface area contributed by atoms with Gasteiger partial charge in [0.2, 0.25) is 0 Å². The summed E-state index contributed by atoms with van der Waals surface area (Å²) < 4.78 is 0. The molecule has 1 aliphatic carbocycles. The van der Waals surface area contributed by atoms with Gasteiger partial charge < -0.3 is 0 Å². The average molecular weight is 150 g/mol. The van der Waals surface area contributed by atoms with E-state index in [1.54, 1.807) is 6.08 Å². The van der Waals surface area contributed by atoms with Crippen LogP contribution in [0.15, 0.2) is 24.8 Å². The third-order valence-corrected chi connectivity index (χ3v) is 2.00. The Bertz CT molecular complexity index is 179. The van der Waals surface area contributed by atoms with E-state index in [0.717, 1.165) is 25.7 Å². The van der Waals surface area contributed by atoms with Crippen molar-refractivity contribution in [2.75, 3.05) is 0 Å². The zero-order chi connectivity index (χ0) is 8.10. The summed E-state index contributed by atoms with van der Waals surface area (Å²) in [5.74, 6) is 0.802. The minimum absolute atomic E-state index is 0.286. The van der Waals surface area contributed by atoms with Crippen molar-refractivity contribution >= 4 is 5.78 Å². The van der Waals surface area contributed by atoms with Crippen LogP contribution in [0, 0.1) is 5.92 Å². The largest absolute Gasteiger partial charge is 0.295 e. The summed E-state index contributed by atoms with van der Waals surface area (Å²) in [4.78, 5) is 10.8. The van der Waals surface area contributed by atoms with Gasteiger partial charge in [-0.15, -0.1) is 6.58 Å². The normalized spacial score (nSPS) is 22.5. The summed E-state index contributed by atoms with van der Waals surface area (Å²) in [5, 5.41) is 0. The van der Waals surface area contributed by atoms with Gasteiger partial charge in [-0.25, -0.2) is 0 Å². The van der Waals surface area contributed by atoms with Crippen LogP contribution in [-0.4, -0.2) is 5.78 Å². The SMILES string of the molecule is C=CCCCC1C=CC(=O)C1. The van der Waals surface area contributed by atoms with Crippen LogP contribution in [0.4, 0.5) is 0 Å². The number of carbonyl (C=O) groups excluding carboxylic acids is 1. The van der Waals surface area contributed by atoms with Crippen LogP contribution in [0.2, 0.25) is 0 Å². The van der Waals surface area contributed by atoms with Crippen molar-refractivity contribution in [3.8, 4) is 0 Å². The lowest BCUT2D eigenvalue weighted by Crippen LogP contribution is -1.95. The Morgan fingerprint density at radius 1 is 1.73 bits per heavy atom. The molecule has 1 aliphatic rings. The van der Waals surface area contributed by atoms with Crippen LogP contribution in [-0.2, 0) is 4.79 Å². The van der Waals surface area contributed by atoms with E-state index in [-0.39, 0.29) is 5.78 Å². The van der Waals surface area contributed by atoms with Crippen LogP contribution in [0.1, 0.15) is 25.7 Å². The maximum atomic E-state index is 10.8. The highest BCUT2D eigenvalue weighted by Gasteiger charge is 2.14. The zero-order valence-electron chi connectivity index (χ0n) is 6.75. The second-order valence-corrected chi connectivity index (χ2v) is 3.01. The maximum absolute atomic E-state index is 10.8. The Hall–Kier alpha value is -0.850. The van der Waals surface area contributed by atoms with Crippen LogP contribution in [0.3, 0.4) is 0 Å². The highest BCUT2D eigenvalue weighted by atomic mass is 16.1. The Morgan fingerprint density at radius 2 is 2.55 bits per heavy atom. The summed E-state index contributed by atoms with van der Waals surface area (Å²) in [6, 6.07) is 0. The van der Waals surface area contributed by atoms with Gasteiger partial charge in [-0.2, -0.15) is 0 Å². The monoisotopic (exact) mass is 150 g/mol. The molecule has 0 aromatic heterocycles. The average Bonchev–Trinajstić information content (AvgIpc) is 2.37. The molecular weight excluding hydrogens is 136 g/mol. The topological polar surface area (TPSA) is 17.1 Å². The number of unbranched alkanes of at least 4 members (excludes halogenated alkanes) is 1. The van der Waals surface area contributed by atoms with Crippen molar-refractivity contribution < 1.29 is 4.79 Å². The van der Waals surface area contributed by atoms with Gasteiger partial charge in [0.05, 0.1) is 0 Å². The number of ketones is 1. The lowest BCUT2D eigenvalue weighted by molar-refractivity contribution is -0.114. The first kappa shape index (κ1) is 8.25. The standard InChI is InChI=1S/C10H14O/c1-2-3-4-5-9-6-7-10(11)8-9/h2,6-7,9H,1,3-5,8H2. The van der Waals surface area contributed by atoms with E-state index >= 15 is 0 Å². The van der Waals surface area contributed by atoms with E-state index in [1.165, 1.54) is 0 Å². The maximum Gasteiger partial charge on any atom is 0.155 e. The molecule has 60 valence electrons. The van der Waals surface area contributed by atoms with E-state index in [9.17, 15) is 4.79 Å². The molecule has 0 aromatic carbocycles. The van der Waals surface area contributed by atoms with Gasteiger partial charge in [0.1, 0.15) is 0 Å². The third kappa shape index (κ3) is 2.71. The smallest absolute Gasteiger partial charge is 0.155 e. The summed E-state index contributed by atoms with van der Waals surface area (Å²) in [6.07, 6.45) is 9.76. The van der Waals surface area contributed by atoms with Crippen LogP contribution < -0.4 is 0 Å². The number of allylic oxidation sites excluding steroid dienone is 3.